The molecule has 0 aliphatic rings. The van der Waals surface area contributed by atoms with E-state index in [2.05, 4.69) is 22.3 Å². The summed E-state index contributed by atoms with van der Waals surface area (Å²) in [6.07, 6.45) is 7.33. The number of nitrogens with one attached hydrogen (secondary N) is 1. The lowest BCUT2D eigenvalue weighted by atomic mass is 10.0. The minimum atomic E-state index is 0.221. The van der Waals surface area contributed by atoms with Crippen LogP contribution >= 0.6 is 11.6 Å². The summed E-state index contributed by atoms with van der Waals surface area (Å²) in [6, 6.07) is 4.32. The molecule has 0 saturated heterocycles. The summed E-state index contributed by atoms with van der Waals surface area (Å²) < 4.78 is 1.85. The fourth-order valence-corrected chi connectivity index (χ4v) is 2.55. The molecule has 0 aliphatic carbocycles. The summed E-state index contributed by atoms with van der Waals surface area (Å²) in [6.45, 7) is 3.01. The van der Waals surface area contributed by atoms with E-state index in [0.29, 0.717) is 0 Å². The van der Waals surface area contributed by atoms with Crippen LogP contribution in [0.5, 0.6) is 0 Å². The highest BCUT2D eigenvalue weighted by atomic mass is 35.5. The third-order valence-corrected chi connectivity index (χ3v) is 3.48. The molecule has 1 N–H and O–H groups in total. The molecule has 0 bridgehead atoms. The first-order valence-corrected chi connectivity index (χ1v) is 6.89. The molecular formula is C14H19ClN4. The Bertz CT molecular complexity index is 490. The van der Waals surface area contributed by atoms with E-state index in [1.54, 1.807) is 6.20 Å². The van der Waals surface area contributed by atoms with Gasteiger partial charge in [0.2, 0.25) is 0 Å². The summed E-state index contributed by atoms with van der Waals surface area (Å²) in [5.74, 6) is 0. The molecule has 1 atom stereocenters. The predicted octanol–water partition coefficient (Wildman–Crippen LogP) is 2.75. The number of pyridine rings is 1. The fourth-order valence-electron chi connectivity index (χ4n) is 2.25. The number of hydrogen-bond donors (Lipinski definition) is 1. The molecule has 4 nitrogen and oxygen atoms in total. The molecule has 0 saturated carbocycles. The maximum atomic E-state index is 6.22. The Morgan fingerprint density at radius 2 is 2.11 bits per heavy atom. The van der Waals surface area contributed by atoms with Gasteiger partial charge >= 0.3 is 0 Å². The second-order valence-corrected chi connectivity index (χ2v) is 4.91. The van der Waals surface area contributed by atoms with Gasteiger partial charge in [-0.25, -0.2) is 0 Å². The first kappa shape index (κ1) is 14.0. The van der Waals surface area contributed by atoms with Crippen molar-refractivity contribution in [3.8, 4) is 0 Å². The summed E-state index contributed by atoms with van der Waals surface area (Å²) >= 11 is 6.22. The molecule has 5 heteroatoms. The number of halogens is 1. The Balaban J connectivity index is 2.09. The van der Waals surface area contributed by atoms with E-state index in [-0.39, 0.29) is 6.04 Å². The van der Waals surface area contributed by atoms with Gasteiger partial charge in [0.15, 0.2) is 0 Å². The molecular weight excluding hydrogens is 260 g/mol. The molecule has 0 aromatic carbocycles. The van der Waals surface area contributed by atoms with E-state index < -0.39 is 0 Å². The topological polar surface area (TPSA) is 42.7 Å². The fraction of sp³-hybridized carbons (Fsp3) is 0.429. The molecule has 2 aromatic heterocycles. The van der Waals surface area contributed by atoms with Crippen molar-refractivity contribution in [3.05, 3.63) is 47.0 Å². The molecule has 0 aliphatic heterocycles. The van der Waals surface area contributed by atoms with Gasteiger partial charge in [-0.2, -0.15) is 5.10 Å². The van der Waals surface area contributed by atoms with Crippen molar-refractivity contribution in [1.82, 2.24) is 20.1 Å². The maximum Gasteiger partial charge on any atom is 0.0834 e. The lowest BCUT2D eigenvalue weighted by Gasteiger charge is -2.18. The number of aryl methyl sites for hydroxylation is 2. The number of hydrogen-bond acceptors (Lipinski definition) is 3. The van der Waals surface area contributed by atoms with Crippen LogP contribution in [-0.2, 0) is 13.5 Å². The maximum absolute atomic E-state index is 6.22. The van der Waals surface area contributed by atoms with Crippen LogP contribution in [0, 0.1) is 0 Å². The van der Waals surface area contributed by atoms with E-state index in [4.69, 9.17) is 11.6 Å². The van der Waals surface area contributed by atoms with Crippen LogP contribution in [0.15, 0.2) is 30.7 Å². The average Bonchev–Trinajstić information content (AvgIpc) is 2.76. The third-order valence-electron chi connectivity index (χ3n) is 3.19. The summed E-state index contributed by atoms with van der Waals surface area (Å²) in [7, 11) is 1.93. The van der Waals surface area contributed by atoms with Crippen LogP contribution in [0.1, 0.15) is 30.6 Å². The summed E-state index contributed by atoms with van der Waals surface area (Å²) in [5, 5.41) is 8.41. The Morgan fingerprint density at radius 3 is 2.68 bits per heavy atom. The molecule has 102 valence electrons. The quantitative estimate of drug-likeness (QED) is 0.883. The van der Waals surface area contributed by atoms with Crippen molar-refractivity contribution in [1.29, 1.82) is 0 Å². The van der Waals surface area contributed by atoms with E-state index in [1.165, 1.54) is 5.56 Å². The number of aromatic nitrogens is 3. The highest BCUT2D eigenvalue weighted by molar-refractivity contribution is 6.31. The van der Waals surface area contributed by atoms with Gasteiger partial charge in [-0.3, -0.25) is 9.67 Å². The third kappa shape index (κ3) is 3.55. The van der Waals surface area contributed by atoms with Gasteiger partial charge in [-0.15, -0.1) is 0 Å². The van der Waals surface area contributed by atoms with Gasteiger partial charge in [-0.05, 0) is 37.1 Å². The van der Waals surface area contributed by atoms with Crippen LogP contribution in [-0.4, -0.2) is 21.3 Å². The van der Waals surface area contributed by atoms with Crippen molar-refractivity contribution in [2.24, 2.45) is 7.05 Å². The molecule has 19 heavy (non-hydrogen) atoms. The SMILES string of the molecule is CCNC(CCc1ccncc1)c1c(Cl)cnn1C. The second kappa shape index (κ2) is 6.68. The molecule has 0 fully saturated rings. The minimum Gasteiger partial charge on any atom is -0.309 e. The van der Waals surface area contributed by atoms with Gasteiger partial charge in [0.1, 0.15) is 0 Å². The van der Waals surface area contributed by atoms with Gasteiger partial charge < -0.3 is 5.32 Å². The largest absolute Gasteiger partial charge is 0.309 e. The van der Waals surface area contributed by atoms with Crippen molar-refractivity contribution in [2.75, 3.05) is 6.54 Å². The van der Waals surface area contributed by atoms with Crippen LogP contribution in [0.3, 0.4) is 0 Å². The van der Waals surface area contributed by atoms with Crippen molar-refractivity contribution < 1.29 is 0 Å². The van der Waals surface area contributed by atoms with Gasteiger partial charge in [0.05, 0.1) is 23.0 Å². The van der Waals surface area contributed by atoms with Gasteiger partial charge in [0, 0.05) is 19.4 Å². The zero-order chi connectivity index (χ0) is 13.7. The van der Waals surface area contributed by atoms with Crippen LogP contribution in [0.2, 0.25) is 5.02 Å². The van der Waals surface area contributed by atoms with Crippen LogP contribution in [0.4, 0.5) is 0 Å². The Labute approximate surface area is 118 Å². The van der Waals surface area contributed by atoms with Gasteiger partial charge in [0.25, 0.3) is 0 Å². The zero-order valence-corrected chi connectivity index (χ0v) is 12.1. The number of nitrogens with zero attached hydrogens (tertiary/aromatic N) is 3. The zero-order valence-electron chi connectivity index (χ0n) is 11.3. The van der Waals surface area contributed by atoms with Crippen molar-refractivity contribution >= 4 is 11.6 Å². The molecule has 2 aromatic rings. The lowest BCUT2D eigenvalue weighted by molar-refractivity contribution is 0.480. The first-order valence-electron chi connectivity index (χ1n) is 6.52. The average molecular weight is 279 g/mol. The molecule has 2 heterocycles. The lowest BCUT2D eigenvalue weighted by Crippen LogP contribution is -2.24. The highest BCUT2D eigenvalue weighted by Crippen LogP contribution is 2.25. The molecule has 0 radical (unpaired) electrons. The molecule has 2 rings (SSSR count). The standard InChI is InChI=1S/C14H19ClN4/c1-3-17-13(14-12(15)10-18-19(14)2)5-4-11-6-8-16-9-7-11/h6-10,13,17H,3-5H2,1-2H3. The van der Waals surface area contributed by atoms with Crippen molar-refractivity contribution in [2.45, 2.75) is 25.8 Å². The summed E-state index contributed by atoms with van der Waals surface area (Å²) in [4.78, 5) is 4.04. The molecule has 0 spiro atoms. The van der Waals surface area contributed by atoms with Crippen molar-refractivity contribution in [3.63, 3.8) is 0 Å². The Kier molecular flexibility index (Phi) is 4.93. The van der Waals surface area contributed by atoms with E-state index >= 15 is 0 Å². The van der Waals surface area contributed by atoms with Crippen LogP contribution in [0.25, 0.3) is 0 Å². The normalized spacial score (nSPS) is 12.6. The van der Waals surface area contributed by atoms with E-state index in [9.17, 15) is 0 Å². The molecule has 0 amide bonds. The monoisotopic (exact) mass is 278 g/mol. The highest BCUT2D eigenvalue weighted by Gasteiger charge is 2.18. The van der Waals surface area contributed by atoms with E-state index in [1.807, 2.05) is 36.3 Å². The smallest absolute Gasteiger partial charge is 0.0834 e. The van der Waals surface area contributed by atoms with Crippen LogP contribution < -0.4 is 5.32 Å². The Hall–Kier alpha value is -1.39. The Morgan fingerprint density at radius 1 is 1.37 bits per heavy atom. The predicted molar refractivity (Wildman–Crippen MR) is 77.2 cm³/mol. The summed E-state index contributed by atoms with van der Waals surface area (Å²) in [5.41, 5.74) is 2.34. The van der Waals surface area contributed by atoms with E-state index in [0.717, 1.165) is 30.1 Å². The first-order chi connectivity index (χ1) is 9.22. The number of rotatable bonds is 6. The molecule has 1 unspecified atom stereocenters. The minimum absolute atomic E-state index is 0.221. The van der Waals surface area contributed by atoms with Gasteiger partial charge in [-0.1, -0.05) is 18.5 Å². The second-order valence-electron chi connectivity index (χ2n) is 4.51.